The number of hydrogen-bond acceptors (Lipinski definition) is 2. The molecule has 0 fully saturated rings. The van der Waals surface area contributed by atoms with Crippen LogP contribution < -0.4 is 0 Å². The van der Waals surface area contributed by atoms with E-state index >= 15 is 0 Å². The van der Waals surface area contributed by atoms with Gasteiger partial charge in [0.15, 0.2) is 0 Å². The molecule has 0 spiro atoms. The van der Waals surface area contributed by atoms with Crippen molar-refractivity contribution in [3.8, 4) is 11.3 Å². The van der Waals surface area contributed by atoms with Crippen molar-refractivity contribution in [2.45, 2.75) is 6.92 Å². The molecular weight excluding hydrogens is 236 g/mol. The zero-order valence-electron chi connectivity index (χ0n) is 9.48. The maximum Gasteiger partial charge on any atom is 0.134 e. The highest BCUT2D eigenvalue weighted by Gasteiger charge is 2.03. The maximum atomic E-state index is 8.93. The molecule has 2 aromatic rings. The molecule has 2 nitrogen and oxygen atoms in total. The first-order chi connectivity index (χ1) is 8.19. The van der Waals surface area contributed by atoms with Crippen molar-refractivity contribution >= 4 is 17.7 Å². The van der Waals surface area contributed by atoms with Gasteiger partial charge in [0.2, 0.25) is 0 Å². The van der Waals surface area contributed by atoms with Crippen molar-refractivity contribution in [2.24, 2.45) is 0 Å². The van der Waals surface area contributed by atoms with E-state index in [0.717, 1.165) is 22.7 Å². The van der Waals surface area contributed by atoms with Crippen LogP contribution in [0.5, 0.6) is 0 Å². The molecular formula is C14H13ClO2. The van der Waals surface area contributed by atoms with E-state index in [0.29, 0.717) is 5.02 Å². The fourth-order valence-electron chi connectivity index (χ4n) is 1.49. The number of aliphatic hydroxyl groups excluding tert-OH is 1. The highest BCUT2D eigenvalue weighted by atomic mass is 35.5. The lowest BCUT2D eigenvalue weighted by Gasteiger charge is -1.97. The Morgan fingerprint density at radius 3 is 2.59 bits per heavy atom. The quantitative estimate of drug-likeness (QED) is 0.891. The Kier molecular flexibility index (Phi) is 3.67. The maximum absolute atomic E-state index is 8.93. The second-order valence-corrected chi connectivity index (χ2v) is 4.29. The first kappa shape index (κ1) is 12.0. The Hall–Kier alpha value is -1.51. The second-order valence-electron chi connectivity index (χ2n) is 3.86. The molecule has 0 aliphatic heterocycles. The molecule has 0 saturated heterocycles. The second kappa shape index (κ2) is 5.21. The summed E-state index contributed by atoms with van der Waals surface area (Å²) in [5, 5.41) is 9.63. The summed E-state index contributed by atoms with van der Waals surface area (Å²) in [6.45, 7) is 1.89. The minimum atomic E-state index is 0.0387. The molecule has 1 aromatic carbocycles. The summed E-state index contributed by atoms with van der Waals surface area (Å²) in [5.74, 6) is 1.53. The standard InChI is InChI=1S/C14H13ClO2/c1-10(9-16)8-13-6-7-14(17-13)11-2-4-12(15)5-3-11/h2-8,16H,9H2,1H3. The molecule has 0 radical (unpaired) electrons. The number of hydrogen-bond donors (Lipinski definition) is 1. The minimum Gasteiger partial charge on any atom is -0.457 e. The molecule has 1 aromatic heterocycles. The van der Waals surface area contributed by atoms with Gasteiger partial charge in [-0.2, -0.15) is 0 Å². The molecule has 0 aliphatic carbocycles. The van der Waals surface area contributed by atoms with Gasteiger partial charge in [-0.15, -0.1) is 0 Å². The summed E-state index contributed by atoms with van der Waals surface area (Å²) in [4.78, 5) is 0. The molecule has 0 saturated carbocycles. The van der Waals surface area contributed by atoms with Gasteiger partial charge in [0.05, 0.1) is 6.61 Å². The van der Waals surface area contributed by atoms with Gasteiger partial charge in [-0.1, -0.05) is 11.6 Å². The van der Waals surface area contributed by atoms with Crippen LogP contribution in [0.15, 0.2) is 46.4 Å². The zero-order chi connectivity index (χ0) is 12.3. The summed E-state index contributed by atoms with van der Waals surface area (Å²) in [7, 11) is 0. The summed E-state index contributed by atoms with van der Waals surface area (Å²) in [5.41, 5.74) is 1.85. The SMILES string of the molecule is CC(=Cc1ccc(-c2ccc(Cl)cc2)o1)CO. The van der Waals surface area contributed by atoms with Crippen LogP contribution >= 0.6 is 11.6 Å². The van der Waals surface area contributed by atoms with Gasteiger partial charge in [-0.3, -0.25) is 0 Å². The highest BCUT2D eigenvalue weighted by molar-refractivity contribution is 6.30. The number of aliphatic hydroxyl groups is 1. The van der Waals surface area contributed by atoms with Gasteiger partial charge in [0.25, 0.3) is 0 Å². The molecule has 1 N–H and O–H groups in total. The molecule has 0 aliphatic rings. The Morgan fingerprint density at radius 1 is 1.24 bits per heavy atom. The molecule has 0 amide bonds. The van der Waals surface area contributed by atoms with Gasteiger partial charge >= 0.3 is 0 Å². The van der Waals surface area contributed by atoms with Crippen LogP contribution in [0.1, 0.15) is 12.7 Å². The van der Waals surface area contributed by atoms with E-state index in [1.54, 1.807) is 0 Å². The highest BCUT2D eigenvalue weighted by Crippen LogP contribution is 2.24. The zero-order valence-corrected chi connectivity index (χ0v) is 10.2. The van der Waals surface area contributed by atoms with Crippen LogP contribution in [0.4, 0.5) is 0 Å². The third-order valence-electron chi connectivity index (χ3n) is 2.39. The van der Waals surface area contributed by atoms with E-state index in [1.165, 1.54) is 0 Å². The third kappa shape index (κ3) is 2.99. The first-order valence-corrected chi connectivity index (χ1v) is 5.70. The molecule has 0 atom stereocenters. The van der Waals surface area contributed by atoms with Gasteiger partial charge in [-0.25, -0.2) is 0 Å². The molecule has 88 valence electrons. The van der Waals surface area contributed by atoms with Crippen molar-refractivity contribution in [3.63, 3.8) is 0 Å². The Labute approximate surface area is 105 Å². The third-order valence-corrected chi connectivity index (χ3v) is 2.65. The van der Waals surface area contributed by atoms with E-state index in [4.69, 9.17) is 21.1 Å². The predicted octanol–water partition coefficient (Wildman–Crippen LogP) is 4.00. The van der Waals surface area contributed by atoms with Crippen LogP contribution in [0.2, 0.25) is 5.02 Å². The average Bonchev–Trinajstić information content (AvgIpc) is 2.78. The molecule has 2 rings (SSSR count). The Balaban J connectivity index is 2.27. The van der Waals surface area contributed by atoms with Gasteiger partial charge < -0.3 is 9.52 Å². The predicted molar refractivity (Wildman–Crippen MR) is 69.9 cm³/mol. The average molecular weight is 249 g/mol. The fourth-order valence-corrected chi connectivity index (χ4v) is 1.61. The summed E-state index contributed by atoms with van der Waals surface area (Å²) >= 11 is 5.82. The van der Waals surface area contributed by atoms with Crippen molar-refractivity contribution in [1.29, 1.82) is 0 Å². The summed E-state index contributed by atoms with van der Waals surface area (Å²) in [6, 6.07) is 11.3. The Morgan fingerprint density at radius 2 is 1.94 bits per heavy atom. The van der Waals surface area contributed by atoms with Crippen molar-refractivity contribution in [1.82, 2.24) is 0 Å². The number of furan rings is 1. The van der Waals surface area contributed by atoms with Crippen molar-refractivity contribution in [3.05, 3.63) is 52.8 Å². The van der Waals surface area contributed by atoms with Crippen LogP contribution in [0.3, 0.4) is 0 Å². The van der Waals surface area contributed by atoms with Gasteiger partial charge in [0.1, 0.15) is 11.5 Å². The lowest BCUT2D eigenvalue weighted by Crippen LogP contribution is -1.81. The molecule has 1 heterocycles. The lowest BCUT2D eigenvalue weighted by atomic mass is 10.2. The largest absolute Gasteiger partial charge is 0.457 e. The molecule has 3 heteroatoms. The van der Waals surface area contributed by atoms with Crippen LogP contribution in [-0.4, -0.2) is 11.7 Å². The van der Waals surface area contributed by atoms with E-state index in [-0.39, 0.29) is 6.61 Å². The normalized spacial score (nSPS) is 11.8. The van der Waals surface area contributed by atoms with Gasteiger partial charge in [0, 0.05) is 10.6 Å². The summed E-state index contributed by atoms with van der Waals surface area (Å²) < 4.78 is 5.65. The molecule has 0 bridgehead atoms. The molecule has 17 heavy (non-hydrogen) atoms. The van der Waals surface area contributed by atoms with Crippen LogP contribution in [0, 0.1) is 0 Å². The van der Waals surface area contributed by atoms with E-state index in [1.807, 2.05) is 49.4 Å². The number of rotatable bonds is 3. The molecule has 0 unspecified atom stereocenters. The fraction of sp³-hybridized carbons (Fsp3) is 0.143. The lowest BCUT2D eigenvalue weighted by molar-refractivity contribution is 0.332. The first-order valence-electron chi connectivity index (χ1n) is 5.33. The van der Waals surface area contributed by atoms with E-state index < -0.39 is 0 Å². The topological polar surface area (TPSA) is 33.4 Å². The smallest absolute Gasteiger partial charge is 0.134 e. The minimum absolute atomic E-state index is 0.0387. The Bertz CT molecular complexity index is 523. The van der Waals surface area contributed by atoms with Crippen molar-refractivity contribution < 1.29 is 9.52 Å². The number of benzene rings is 1. The van der Waals surface area contributed by atoms with Crippen LogP contribution in [-0.2, 0) is 0 Å². The van der Waals surface area contributed by atoms with E-state index in [2.05, 4.69) is 0 Å². The number of halogens is 1. The van der Waals surface area contributed by atoms with Gasteiger partial charge in [-0.05, 0) is 55.0 Å². The van der Waals surface area contributed by atoms with Crippen LogP contribution in [0.25, 0.3) is 17.4 Å². The summed E-state index contributed by atoms with van der Waals surface area (Å²) in [6.07, 6.45) is 1.82. The van der Waals surface area contributed by atoms with E-state index in [9.17, 15) is 0 Å². The monoisotopic (exact) mass is 248 g/mol. The van der Waals surface area contributed by atoms with Crippen molar-refractivity contribution in [2.75, 3.05) is 6.61 Å².